The molecule has 5 heteroatoms. The maximum Gasteiger partial charge on any atom is 0.316 e. The van der Waals surface area contributed by atoms with Crippen LogP contribution in [0.5, 0.6) is 0 Å². The average Bonchev–Trinajstić information content (AvgIpc) is 2.64. The number of rotatable bonds is 8. The maximum atomic E-state index is 12.1. The number of amides is 1. The molecule has 0 radical (unpaired) electrons. The van der Waals surface area contributed by atoms with Crippen molar-refractivity contribution in [3.8, 4) is 0 Å². The minimum atomic E-state index is -0.392. The fourth-order valence-corrected chi connectivity index (χ4v) is 3.33. The molecule has 0 spiro atoms. The first-order chi connectivity index (χ1) is 12.5. The molecule has 0 unspecified atom stereocenters. The summed E-state index contributed by atoms with van der Waals surface area (Å²) in [4.78, 5) is 25.0. The van der Waals surface area contributed by atoms with E-state index in [0.717, 1.165) is 22.4 Å². The Bertz CT molecular complexity index is 743. The van der Waals surface area contributed by atoms with Crippen molar-refractivity contribution in [2.24, 2.45) is 0 Å². The van der Waals surface area contributed by atoms with Crippen molar-refractivity contribution >= 4 is 23.6 Å². The number of hydrogen-bond acceptors (Lipinski definition) is 4. The standard InChI is InChI=1S/C21H25NO3S/c1-4-18(17-11-9-15(2)10-12-17)22-20(23)13-25-21(24)14-26-19-8-6-5-7-16(19)3/h5-12,18H,4,13-14H2,1-3H3,(H,22,23)/t18-/m1/s1. The van der Waals surface area contributed by atoms with Crippen molar-refractivity contribution in [1.29, 1.82) is 0 Å². The molecule has 1 N–H and O–H groups in total. The Kier molecular flexibility index (Phi) is 7.73. The van der Waals surface area contributed by atoms with Gasteiger partial charge in [0.2, 0.25) is 0 Å². The van der Waals surface area contributed by atoms with E-state index in [4.69, 9.17) is 4.74 Å². The van der Waals surface area contributed by atoms with Crippen LogP contribution in [0.4, 0.5) is 0 Å². The van der Waals surface area contributed by atoms with E-state index in [0.29, 0.717) is 0 Å². The predicted molar refractivity (Wildman–Crippen MR) is 105 cm³/mol. The van der Waals surface area contributed by atoms with E-state index in [1.807, 2.05) is 69.3 Å². The highest BCUT2D eigenvalue weighted by Gasteiger charge is 2.14. The molecule has 1 amide bonds. The molecule has 26 heavy (non-hydrogen) atoms. The molecule has 4 nitrogen and oxygen atoms in total. The Morgan fingerprint density at radius 2 is 1.77 bits per heavy atom. The fraction of sp³-hybridized carbons (Fsp3) is 0.333. The zero-order valence-corrected chi connectivity index (χ0v) is 16.3. The summed E-state index contributed by atoms with van der Waals surface area (Å²) in [6.07, 6.45) is 0.770. The lowest BCUT2D eigenvalue weighted by atomic mass is 10.0. The second kappa shape index (κ2) is 10.0. The highest BCUT2D eigenvalue weighted by atomic mass is 32.2. The minimum Gasteiger partial charge on any atom is -0.455 e. The van der Waals surface area contributed by atoms with Gasteiger partial charge in [-0.25, -0.2) is 0 Å². The van der Waals surface area contributed by atoms with Crippen LogP contribution in [0.2, 0.25) is 0 Å². The second-order valence-electron chi connectivity index (χ2n) is 6.15. The minimum absolute atomic E-state index is 0.0804. The summed E-state index contributed by atoms with van der Waals surface area (Å²) < 4.78 is 5.09. The lowest BCUT2D eigenvalue weighted by Crippen LogP contribution is -2.32. The number of ether oxygens (including phenoxy) is 1. The van der Waals surface area contributed by atoms with Gasteiger partial charge in [-0.05, 0) is 37.5 Å². The summed E-state index contributed by atoms with van der Waals surface area (Å²) in [7, 11) is 0. The van der Waals surface area contributed by atoms with Crippen LogP contribution in [0, 0.1) is 13.8 Å². The molecule has 0 fully saturated rings. The Balaban J connectivity index is 1.77. The molecule has 0 aliphatic rings. The number of benzene rings is 2. The normalized spacial score (nSPS) is 11.7. The van der Waals surface area contributed by atoms with Gasteiger partial charge in [-0.3, -0.25) is 9.59 Å². The molecule has 0 aliphatic carbocycles. The molecule has 0 saturated carbocycles. The van der Waals surface area contributed by atoms with Gasteiger partial charge in [-0.1, -0.05) is 55.0 Å². The van der Waals surface area contributed by atoms with Crippen LogP contribution in [0.15, 0.2) is 53.4 Å². The van der Waals surface area contributed by atoms with Gasteiger partial charge in [-0.15, -0.1) is 11.8 Å². The average molecular weight is 372 g/mol. The zero-order chi connectivity index (χ0) is 18.9. The maximum absolute atomic E-state index is 12.1. The fourth-order valence-electron chi connectivity index (χ4n) is 2.50. The SMILES string of the molecule is CC[C@@H](NC(=O)COC(=O)CSc1ccccc1C)c1ccc(C)cc1. The molecule has 2 rings (SSSR count). The molecule has 0 heterocycles. The Morgan fingerprint density at radius 1 is 1.08 bits per heavy atom. The van der Waals surface area contributed by atoms with Gasteiger partial charge >= 0.3 is 5.97 Å². The molecule has 0 bridgehead atoms. The van der Waals surface area contributed by atoms with E-state index in [1.165, 1.54) is 17.3 Å². The van der Waals surface area contributed by atoms with Gasteiger partial charge in [0.15, 0.2) is 6.61 Å². The third-order valence-electron chi connectivity index (χ3n) is 4.03. The Hall–Kier alpha value is -2.27. The first-order valence-electron chi connectivity index (χ1n) is 8.69. The molecule has 138 valence electrons. The highest BCUT2D eigenvalue weighted by molar-refractivity contribution is 8.00. The van der Waals surface area contributed by atoms with Crippen LogP contribution >= 0.6 is 11.8 Å². The zero-order valence-electron chi connectivity index (χ0n) is 15.5. The molecular weight excluding hydrogens is 346 g/mol. The van der Waals surface area contributed by atoms with Crippen molar-refractivity contribution in [3.63, 3.8) is 0 Å². The number of nitrogens with one attached hydrogen (secondary N) is 1. The first kappa shape index (κ1) is 20.0. The number of carbonyl (C=O) groups is 2. The molecule has 1 atom stereocenters. The summed E-state index contributed by atoms with van der Waals surface area (Å²) in [6.45, 7) is 5.78. The molecule has 2 aromatic rings. The van der Waals surface area contributed by atoms with Gasteiger partial charge < -0.3 is 10.1 Å². The molecule has 0 saturated heterocycles. The third-order valence-corrected chi connectivity index (χ3v) is 5.18. The first-order valence-corrected chi connectivity index (χ1v) is 9.68. The molecule has 2 aromatic carbocycles. The van der Waals surface area contributed by atoms with Crippen molar-refractivity contribution < 1.29 is 14.3 Å². The van der Waals surface area contributed by atoms with E-state index >= 15 is 0 Å². The van der Waals surface area contributed by atoms with Gasteiger partial charge in [0.25, 0.3) is 5.91 Å². The lowest BCUT2D eigenvalue weighted by Gasteiger charge is -2.17. The van der Waals surface area contributed by atoms with Gasteiger partial charge in [-0.2, -0.15) is 0 Å². The van der Waals surface area contributed by atoms with Crippen LogP contribution in [0.25, 0.3) is 0 Å². The smallest absolute Gasteiger partial charge is 0.316 e. The van der Waals surface area contributed by atoms with Crippen LogP contribution < -0.4 is 5.32 Å². The summed E-state index contributed by atoms with van der Waals surface area (Å²) in [5.74, 6) is -0.490. The molecule has 0 aliphatic heterocycles. The van der Waals surface area contributed by atoms with Crippen molar-refractivity contribution in [3.05, 3.63) is 65.2 Å². The van der Waals surface area contributed by atoms with Crippen molar-refractivity contribution in [2.45, 2.75) is 38.1 Å². The van der Waals surface area contributed by atoms with E-state index in [-0.39, 0.29) is 24.3 Å². The Labute approximate surface area is 159 Å². The molecule has 0 aromatic heterocycles. The van der Waals surface area contributed by atoms with Crippen LogP contribution in [0.1, 0.15) is 36.1 Å². The third kappa shape index (κ3) is 6.23. The van der Waals surface area contributed by atoms with E-state index in [9.17, 15) is 9.59 Å². The number of carbonyl (C=O) groups excluding carboxylic acids is 2. The van der Waals surface area contributed by atoms with E-state index < -0.39 is 5.97 Å². The molecular formula is C21H25NO3S. The van der Waals surface area contributed by atoms with Crippen molar-refractivity contribution in [2.75, 3.05) is 12.4 Å². The van der Waals surface area contributed by atoms with Gasteiger partial charge in [0.05, 0.1) is 11.8 Å². The summed E-state index contributed by atoms with van der Waals surface area (Å²) in [5.41, 5.74) is 3.34. The van der Waals surface area contributed by atoms with Crippen LogP contribution in [-0.2, 0) is 14.3 Å². The van der Waals surface area contributed by atoms with Crippen LogP contribution in [0.3, 0.4) is 0 Å². The quantitative estimate of drug-likeness (QED) is 0.558. The predicted octanol–water partition coefficient (Wildman–Crippen LogP) is 4.21. The van der Waals surface area contributed by atoms with Gasteiger partial charge in [0, 0.05) is 4.90 Å². The van der Waals surface area contributed by atoms with Crippen LogP contribution in [-0.4, -0.2) is 24.2 Å². The Morgan fingerprint density at radius 3 is 2.42 bits per heavy atom. The van der Waals surface area contributed by atoms with E-state index in [2.05, 4.69) is 5.32 Å². The second-order valence-corrected chi connectivity index (χ2v) is 7.17. The topological polar surface area (TPSA) is 55.4 Å². The highest BCUT2D eigenvalue weighted by Crippen LogP contribution is 2.21. The van der Waals surface area contributed by atoms with E-state index in [1.54, 1.807) is 0 Å². The summed E-state index contributed by atoms with van der Waals surface area (Å²) in [5, 5.41) is 2.92. The summed E-state index contributed by atoms with van der Waals surface area (Å²) in [6, 6.07) is 15.8. The lowest BCUT2D eigenvalue weighted by molar-refractivity contribution is -0.146. The number of esters is 1. The largest absolute Gasteiger partial charge is 0.455 e. The van der Waals surface area contributed by atoms with Gasteiger partial charge in [0.1, 0.15) is 0 Å². The number of thioether (sulfide) groups is 1. The monoisotopic (exact) mass is 371 g/mol. The summed E-state index contributed by atoms with van der Waals surface area (Å²) >= 11 is 1.42. The number of hydrogen-bond donors (Lipinski definition) is 1. The van der Waals surface area contributed by atoms with Crippen molar-refractivity contribution in [1.82, 2.24) is 5.32 Å². The number of aryl methyl sites for hydroxylation is 2.